The third kappa shape index (κ3) is 3.62. The van der Waals surface area contributed by atoms with E-state index in [9.17, 15) is 13.7 Å². The zero-order valence-electron chi connectivity index (χ0n) is 17.0. The minimum absolute atomic E-state index is 0.0738. The van der Waals surface area contributed by atoms with Gasteiger partial charge in [-0.15, -0.1) is 0 Å². The molecular formula is C23H18ClN5O2S. The maximum absolute atomic E-state index is 13.9. The number of anilines is 1. The SMILES string of the molecule is CCc1c(Cl)cccc1-c1c(C#N)cc(-c2cc(N)ncn2)n1S(=O)(=O)c1ccccc1. The highest BCUT2D eigenvalue weighted by molar-refractivity contribution is 7.90. The van der Waals surface area contributed by atoms with Crippen LogP contribution in [-0.4, -0.2) is 22.4 Å². The van der Waals surface area contributed by atoms with Gasteiger partial charge in [-0.2, -0.15) is 5.26 Å². The van der Waals surface area contributed by atoms with E-state index in [1.807, 2.05) is 6.92 Å². The molecule has 7 nitrogen and oxygen atoms in total. The number of hydrogen-bond donors (Lipinski definition) is 1. The molecule has 0 aliphatic rings. The number of benzene rings is 2. The minimum Gasteiger partial charge on any atom is -0.384 e. The fourth-order valence-corrected chi connectivity index (χ4v) is 5.47. The van der Waals surface area contributed by atoms with Gasteiger partial charge in [-0.05, 0) is 36.2 Å². The lowest BCUT2D eigenvalue weighted by Gasteiger charge is -2.17. The van der Waals surface area contributed by atoms with Crippen LogP contribution in [0.2, 0.25) is 5.02 Å². The van der Waals surface area contributed by atoms with E-state index >= 15 is 0 Å². The molecule has 0 spiro atoms. The summed E-state index contributed by atoms with van der Waals surface area (Å²) in [6.07, 6.45) is 1.80. The van der Waals surface area contributed by atoms with Crippen LogP contribution in [0.5, 0.6) is 0 Å². The number of hydrogen-bond acceptors (Lipinski definition) is 6. The van der Waals surface area contributed by atoms with Crippen LogP contribution in [0.25, 0.3) is 22.6 Å². The van der Waals surface area contributed by atoms with Gasteiger partial charge in [-0.3, -0.25) is 0 Å². The van der Waals surface area contributed by atoms with Crippen LogP contribution in [-0.2, 0) is 16.4 Å². The number of nitrogens with zero attached hydrogens (tertiary/aromatic N) is 4. The van der Waals surface area contributed by atoms with Crippen molar-refractivity contribution in [3.63, 3.8) is 0 Å². The number of halogens is 1. The molecule has 160 valence electrons. The van der Waals surface area contributed by atoms with E-state index in [1.54, 1.807) is 36.4 Å². The standard InChI is InChI=1S/C23H18ClN5O2S/c1-2-17-18(9-6-10-19(17)24)23-15(13-25)11-21(20-12-22(26)28-14-27-20)29(23)32(30,31)16-7-4-3-5-8-16/h3-12,14H,2H2,1H3,(H2,26,27,28). The van der Waals surface area contributed by atoms with Crippen LogP contribution in [0, 0.1) is 11.3 Å². The Bertz CT molecular complexity index is 1460. The molecule has 9 heteroatoms. The summed E-state index contributed by atoms with van der Waals surface area (Å²) in [5.74, 6) is 0.178. The smallest absolute Gasteiger partial charge is 0.268 e. The van der Waals surface area contributed by atoms with E-state index in [0.717, 1.165) is 9.54 Å². The minimum atomic E-state index is -4.12. The zero-order chi connectivity index (χ0) is 22.9. The molecule has 2 aromatic carbocycles. The van der Waals surface area contributed by atoms with Crippen molar-refractivity contribution in [1.29, 1.82) is 5.26 Å². The Morgan fingerprint density at radius 1 is 1.09 bits per heavy atom. The molecule has 0 bridgehead atoms. The van der Waals surface area contributed by atoms with Gasteiger partial charge in [0.25, 0.3) is 10.0 Å². The third-order valence-electron chi connectivity index (χ3n) is 5.04. The van der Waals surface area contributed by atoms with Crippen molar-refractivity contribution >= 4 is 27.4 Å². The molecular weight excluding hydrogens is 446 g/mol. The summed E-state index contributed by atoms with van der Waals surface area (Å²) in [5, 5.41) is 10.4. The fraction of sp³-hybridized carbons (Fsp3) is 0.0870. The highest BCUT2D eigenvalue weighted by Crippen LogP contribution is 2.39. The van der Waals surface area contributed by atoms with Crippen LogP contribution in [0.3, 0.4) is 0 Å². The van der Waals surface area contributed by atoms with Crippen molar-refractivity contribution in [2.24, 2.45) is 0 Å². The quantitative estimate of drug-likeness (QED) is 0.465. The maximum atomic E-state index is 13.9. The number of nitrogen functional groups attached to an aromatic ring is 1. The van der Waals surface area contributed by atoms with Crippen molar-refractivity contribution in [2.75, 3.05) is 5.73 Å². The lowest BCUT2D eigenvalue weighted by Crippen LogP contribution is -2.16. The lowest BCUT2D eigenvalue weighted by atomic mass is 10.0. The van der Waals surface area contributed by atoms with Gasteiger partial charge in [0, 0.05) is 16.7 Å². The predicted molar refractivity (Wildman–Crippen MR) is 123 cm³/mol. The van der Waals surface area contributed by atoms with Crippen molar-refractivity contribution in [2.45, 2.75) is 18.2 Å². The first-order chi connectivity index (χ1) is 15.4. The molecule has 32 heavy (non-hydrogen) atoms. The van der Waals surface area contributed by atoms with E-state index < -0.39 is 10.0 Å². The largest absolute Gasteiger partial charge is 0.384 e. The molecule has 0 saturated carbocycles. The predicted octanol–water partition coefficient (Wildman–Crippen LogP) is 4.52. The highest BCUT2D eigenvalue weighted by Gasteiger charge is 2.30. The molecule has 4 rings (SSSR count). The average molecular weight is 464 g/mol. The molecule has 0 aliphatic heterocycles. The van der Waals surface area contributed by atoms with E-state index in [-0.39, 0.29) is 33.4 Å². The fourth-order valence-electron chi connectivity index (χ4n) is 3.61. The first-order valence-electron chi connectivity index (χ1n) is 9.70. The van der Waals surface area contributed by atoms with Crippen LogP contribution >= 0.6 is 11.6 Å². The Kier molecular flexibility index (Phi) is 5.70. The summed E-state index contributed by atoms with van der Waals surface area (Å²) in [4.78, 5) is 8.17. The van der Waals surface area contributed by atoms with Gasteiger partial charge in [0.2, 0.25) is 0 Å². The summed E-state index contributed by atoms with van der Waals surface area (Å²) in [7, 11) is -4.12. The molecule has 0 atom stereocenters. The summed E-state index contributed by atoms with van der Waals surface area (Å²) >= 11 is 6.42. The summed E-state index contributed by atoms with van der Waals surface area (Å²) in [6, 6.07) is 18.3. The molecule has 0 fully saturated rings. The average Bonchev–Trinajstić information content (AvgIpc) is 3.20. The Labute approximate surface area is 190 Å². The van der Waals surface area contributed by atoms with Gasteiger partial charge in [-0.25, -0.2) is 22.4 Å². The second kappa shape index (κ2) is 8.46. The van der Waals surface area contributed by atoms with Gasteiger partial charge in [0.15, 0.2) is 0 Å². The summed E-state index contributed by atoms with van der Waals surface area (Å²) < 4.78 is 28.9. The molecule has 0 aliphatic carbocycles. The first-order valence-corrected chi connectivity index (χ1v) is 11.5. The Hall–Kier alpha value is -3.67. The number of aromatic nitrogens is 3. The summed E-state index contributed by atoms with van der Waals surface area (Å²) in [6.45, 7) is 1.92. The Morgan fingerprint density at radius 2 is 1.84 bits per heavy atom. The van der Waals surface area contributed by atoms with Gasteiger partial charge in [0.1, 0.15) is 18.2 Å². The molecule has 2 N–H and O–H groups in total. The molecule has 0 unspecified atom stereocenters. The van der Waals surface area contributed by atoms with E-state index in [2.05, 4.69) is 16.0 Å². The monoisotopic (exact) mass is 463 g/mol. The molecule has 0 amide bonds. The van der Waals surface area contributed by atoms with Gasteiger partial charge >= 0.3 is 0 Å². The molecule has 0 radical (unpaired) electrons. The molecule has 2 aromatic heterocycles. The van der Waals surface area contributed by atoms with E-state index in [4.69, 9.17) is 17.3 Å². The molecule has 2 heterocycles. The van der Waals surface area contributed by atoms with Crippen molar-refractivity contribution < 1.29 is 8.42 Å². The topological polar surface area (TPSA) is 115 Å². The van der Waals surface area contributed by atoms with Crippen molar-refractivity contribution in [1.82, 2.24) is 13.9 Å². The molecule has 4 aromatic rings. The number of rotatable bonds is 5. The van der Waals surface area contributed by atoms with Gasteiger partial charge in [0.05, 0.1) is 27.5 Å². The zero-order valence-corrected chi connectivity index (χ0v) is 18.6. The number of nitriles is 1. The maximum Gasteiger partial charge on any atom is 0.268 e. The van der Waals surface area contributed by atoms with Crippen LogP contribution < -0.4 is 5.73 Å². The van der Waals surface area contributed by atoms with Crippen molar-refractivity contribution in [3.8, 4) is 28.7 Å². The first kappa shape index (κ1) is 21.6. The lowest BCUT2D eigenvalue weighted by molar-refractivity contribution is 0.588. The Morgan fingerprint density at radius 3 is 2.50 bits per heavy atom. The van der Waals surface area contributed by atoms with Crippen LogP contribution in [0.4, 0.5) is 5.82 Å². The van der Waals surface area contributed by atoms with E-state index in [1.165, 1.54) is 30.6 Å². The van der Waals surface area contributed by atoms with Crippen LogP contribution in [0.15, 0.2) is 71.9 Å². The molecule has 0 saturated heterocycles. The van der Waals surface area contributed by atoms with Crippen molar-refractivity contribution in [3.05, 3.63) is 83.1 Å². The second-order valence-electron chi connectivity index (χ2n) is 6.93. The normalized spacial score (nSPS) is 11.3. The highest BCUT2D eigenvalue weighted by atomic mass is 35.5. The van der Waals surface area contributed by atoms with Gasteiger partial charge in [-0.1, -0.05) is 48.9 Å². The van der Waals surface area contributed by atoms with Crippen LogP contribution in [0.1, 0.15) is 18.1 Å². The number of nitrogens with two attached hydrogens (primary N) is 1. The second-order valence-corrected chi connectivity index (χ2v) is 9.13. The summed E-state index contributed by atoms with van der Waals surface area (Å²) in [5.41, 5.74) is 8.01. The van der Waals surface area contributed by atoms with E-state index in [0.29, 0.717) is 17.0 Å². The Balaban J connectivity index is 2.16. The third-order valence-corrected chi connectivity index (χ3v) is 7.12. The van der Waals surface area contributed by atoms with Gasteiger partial charge < -0.3 is 5.73 Å².